The van der Waals surface area contributed by atoms with Crippen molar-refractivity contribution in [1.82, 2.24) is 10.1 Å². The molecule has 3 aromatic rings. The summed E-state index contributed by atoms with van der Waals surface area (Å²) < 4.78 is 12.2. The summed E-state index contributed by atoms with van der Waals surface area (Å²) in [5, 5.41) is 16.4. The van der Waals surface area contributed by atoms with E-state index in [2.05, 4.69) is 10.1 Å². The minimum atomic E-state index is -0.474. The first-order valence-electron chi connectivity index (χ1n) is 8.76. The van der Waals surface area contributed by atoms with E-state index in [1.807, 2.05) is 35.7 Å². The summed E-state index contributed by atoms with van der Waals surface area (Å²) in [6.45, 7) is 3.14. The monoisotopic (exact) mass is 374 g/mol. The smallest absolute Gasteiger partial charge is 0.178 e. The zero-order valence-electron chi connectivity index (χ0n) is 14.1. The molecule has 0 bridgehead atoms. The van der Waals surface area contributed by atoms with Gasteiger partial charge in [0, 0.05) is 12.1 Å². The van der Waals surface area contributed by atoms with Crippen LogP contribution < -0.4 is 4.74 Å². The number of thiophene rings is 1. The van der Waals surface area contributed by atoms with Crippen molar-refractivity contribution in [3.63, 3.8) is 0 Å². The van der Waals surface area contributed by atoms with Gasteiger partial charge in [0.1, 0.15) is 28.9 Å². The van der Waals surface area contributed by atoms with Gasteiger partial charge in [-0.15, -0.1) is 11.3 Å². The van der Waals surface area contributed by atoms with Crippen molar-refractivity contribution in [1.29, 1.82) is 0 Å². The van der Waals surface area contributed by atoms with Gasteiger partial charge in [0.2, 0.25) is 0 Å². The van der Waals surface area contributed by atoms with Gasteiger partial charge in [-0.3, -0.25) is 0 Å². The summed E-state index contributed by atoms with van der Waals surface area (Å²) in [7, 11) is 0. The zero-order chi connectivity index (χ0) is 17.1. The molecule has 1 fully saturated rings. The minimum absolute atomic E-state index is 0. The predicted molar refractivity (Wildman–Crippen MR) is 106 cm³/mol. The standard InChI is InChI=1S/C19H22N2O3S.CH4/c22-15(12-21-8-2-1-3-9-21)13-23-16-6-4-5-14(11-16)18-19-17(24-20-18)7-10-25-19;/h4-7,10-11,15,22H,1-3,8-9,12-13H2;1H4. The number of aliphatic hydroxyl groups excluding tert-OH is 1. The van der Waals surface area contributed by atoms with Gasteiger partial charge in [0.05, 0.1) is 0 Å². The van der Waals surface area contributed by atoms with Gasteiger partial charge < -0.3 is 19.3 Å². The first kappa shape index (κ1) is 18.9. The number of rotatable bonds is 6. The Labute approximate surface area is 158 Å². The average molecular weight is 375 g/mol. The first-order valence-corrected chi connectivity index (χ1v) is 9.64. The predicted octanol–water partition coefficient (Wildman–Crippen LogP) is 4.42. The van der Waals surface area contributed by atoms with E-state index in [1.54, 1.807) is 11.3 Å². The van der Waals surface area contributed by atoms with E-state index in [4.69, 9.17) is 9.26 Å². The van der Waals surface area contributed by atoms with Crippen molar-refractivity contribution in [2.75, 3.05) is 26.2 Å². The fourth-order valence-corrected chi connectivity index (χ4v) is 4.10. The molecule has 0 saturated carbocycles. The molecular weight excluding hydrogens is 348 g/mol. The van der Waals surface area contributed by atoms with Crippen LogP contribution in [0.3, 0.4) is 0 Å². The number of aliphatic hydroxyl groups is 1. The third kappa shape index (κ3) is 4.26. The molecule has 0 spiro atoms. The molecule has 5 nitrogen and oxygen atoms in total. The second kappa shape index (κ2) is 8.66. The quantitative estimate of drug-likeness (QED) is 0.692. The lowest BCUT2D eigenvalue weighted by molar-refractivity contribution is 0.0617. The Morgan fingerprint density at radius 2 is 2.08 bits per heavy atom. The number of nitrogens with zero attached hydrogens (tertiary/aromatic N) is 2. The molecule has 0 amide bonds. The van der Waals surface area contributed by atoms with Crippen LogP contribution in [0.2, 0.25) is 0 Å². The summed E-state index contributed by atoms with van der Waals surface area (Å²) in [6, 6.07) is 9.71. The highest BCUT2D eigenvalue weighted by molar-refractivity contribution is 7.17. The summed E-state index contributed by atoms with van der Waals surface area (Å²) in [5.41, 5.74) is 2.61. The van der Waals surface area contributed by atoms with Gasteiger partial charge in [0.15, 0.2) is 5.58 Å². The lowest BCUT2D eigenvalue weighted by Crippen LogP contribution is -2.38. The molecule has 1 atom stereocenters. The van der Waals surface area contributed by atoms with Gasteiger partial charge in [-0.05, 0) is 49.5 Å². The number of piperidine rings is 1. The highest BCUT2D eigenvalue weighted by Crippen LogP contribution is 2.33. The molecule has 0 aliphatic carbocycles. The number of benzene rings is 1. The van der Waals surface area contributed by atoms with Gasteiger partial charge in [-0.25, -0.2) is 0 Å². The number of β-amino-alcohol motifs (C(OH)–C–C–N with tert-alkyl or cyclic N) is 1. The van der Waals surface area contributed by atoms with Crippen molar-refractivity contribution in [3.8, 4) is 17.0 Å². The Morgan fingerprint density at radius 3 is 2.92 bits per heavy atom. The normalized spacial score (nSPS) is 16.3. The Morgan fingerprint density at radius 1 is 1.23 bits per heavy atom. The first-order chi connectivity index (χ1) is 12.3. The third-order valence-electron chi connectivity index (χ3n) is 4.55. The van der Waals surface area contributed by atoms with Crippen LogP contribution in [0.4, 0.5) is 0 Å². The third-order valence-corrected chi connectivity index (χ3v) is 5.45. The van der Waals surface area contributed by atoms with Crippen molar-refractivity contribution >= 4 is 21.6 Å². The number of hydrogen-bond acceptors (Lipinski definition) is 6. The fourth-order valence-electron chi connectivity index (χ4n) is 3.28. The van der Waals surface area contributed by atoms with E-state index in [-0.39, 0.29) is 7.43 Å². The molecule has 0 radical (unpaired) electrons. The van der Waals surface area contributed by atoms with E-state index in [1.165, 1.54) is 19.3 Å². The molecule has 3 heterocycles. The lowest BCUT2D eigenvalue weighted by Gasteiger charge is -2.28. The Balaban J connectivity index is 0.00000196. The van der Waals surface area contributed by atoms with Gasteiger partial charge in [0.25, 0.3) is 0 Å². The van der Waals surface area contributed by atoms with E-state index in [0.29, 0.717) is 13.2 Å². The Kier molecular flexibility index (Phi) is 6.29. The summed E-state index contributed by atoms with van der Waals surface area (Å²) in [4.78, 5) is 2.32. The molecule has 2 aromatic heterocycles. The van der Waals surface area contributed by atoms with Crippen LogP contribution in [0.25, 0.3) is 21.5 Å². The maximum absolute atomic E-state index is 10.2. The molecule has 26 heavy (non-hydrogen) atoms. The summed E-state index contributed by atoms with van der Waals surface area (Å²) in [6.07, 6.45) is 3.28. The topological polar surface area (TPSA) is 58.7 Å². The van der Waals surface area contributed by atoms with Crippen molar-refractivity contribution < 1.29 is 14.4 Å². The number of likely N-dealkylation sites (tertiary alicyclic amines) is 1. The summed E-state index contributed by atoms with van der Waals surface area (Å²) >= 11 is 1.62. The number of hydrogen-bond donors (Lipinski definition) is 1. The number of aromatic nitrogens is 1. The maximum atomic E-state index is 10.2. The van der Waals surface area contributed by atoms with E-state index >= 15 is 0 Å². The van der Waals surface area contributed by atoms with E-state index < -0.39 is 6.10 Å². The molecule has 1 N–H and O–H groups in total. The second-order valence-corrected chi connectivity index (χ2v) is 7.42. The second-order valence-electron chi connectivity index (χ2n) is 6.50. The van der Waals surface area contributed by atoms with E-state index in [0.717, 1.165) is 40.4 Å². The van der Waals surface area contributed by atoms with Crippen LogP contribution in [-0.2, 0) is 0 Å². The molecule has 1 unspecified atom stereocenters. The van der Waals surface area contributed by atoms with Gasteiger partial charge in [-0.2, -0.15) is 0 Å². The highest BCUT2D eigenvalue weighted by Gasteiger charge is 2.16. The molecule has 1 aliphatic heterocycles. The number of fused-ring (bicyclic) bond motifs is 1. The Bertz CT molecular complexity index is 823. The van der Waals surface area contributed by atoms with Crippen LogP contribution in [0.1, 0.15) is 26.7 Å². The minimum Gasteiger partial charge on any atom is -0.491 e. The molecule has 1 saturated heterocycles. The van der Waals surface area contributed by atoms with Crippen LogP contribution in [-0.4, -0.2) is 47.5 Å². The molecule has 140 valence electrons. The van der Waals surface area contributed by atoms with Crippen molar-refractivity contribution in [2.45, 2.75) is 32.8 Å². The largest absolute Gasteiger partial charge is 0.491 e. The van der Waals surface area contributed by atoms with Crippen LogP contribution in [0.15, 0.2) is 40.2 Å². The highest BCUT2D eigenvalue weighted by atomic mass is 32.1. The molecule has 6 heteroatoms. The van der Waals surface area contributed by atoms with Crippen LogP contribution in [0, 0.1) is 0 Å². The van der Waals surface area contributed by atoms with E-state index in [9.17, 15) is 5.11 Å². The summed E-state index contributed by atoms with van der Waals surface area (Å²) in [5.74, 6) is 0.739. The molecule has 1 aliphatic rings. The molecule has 1 aromatic carbocycles. The van der Waals surface area contributed by atoms with Gasteiger partial charge in [-0.1, -0.05) is 31.1 Å². The van der Waals surface area contributed by atoms with Gasteiger partial charge >= 0.3 is 0 Å². The van der Waals surface area contributed by atoms with Crippen molar-refractivity contribution in [3.05, 3.63) is 35.7 Å². The molecular formula is C20H26N2O3S. The zero-order valence-corrected chi connectivity index (χ0v) is 14.9. The maximum Gasteiger partial charge on any atom is 0.178 e. The average Bonchev–Trinajstić information content (AvgIpc) is 3.25. The SMILES string of the molecule is C.OC(COc1cccc(-c2noc3ccsc23)c1)CN1CCCCC1. The fraction of sp³-hybridized carbons (Fsp3) is 0.450. The molecule has 4 rings (SSSR count). The van der Waals surface area contributed by atoms with Crippen molar-refractivity contribution in [2.24, 2.45) is 0 Å². The Hall–Kier alpha value is -1.89. The lowest BCUT2D eigenvalue weighted by atomic mass is 10.1. The number of ether oxygens (including phenoxy) is 1. The van der Waals surface area contributed by atoms with Crippen LogP contribution in [0.5, 0.6) is 5.75 Å². The van der Waals surface area contributed by atoms with Crippen LogP contribution >= 0.6 is 11.3 Å².